The monoisotopic (exact) mass is 556 g/mol. The summed E-state index contributed by atoms with van der Waals surface area (Å²) in [5.74, 6) is -2.61. The molecule has 210 valence electrons. The number of carboxylic acid groups (broad SMARTS) is 1. The third-order valence-corrected chi connectivity index (χ3v) is 5.97. The fraction of sp³-hybridized carbons (Fsp3) is 0.167. The predicted molar refractivity (Wildman–Crippen MR) is 151 cm³/mol. The Kier molecular flexibility index (Phi) is 8.47. The van der Waals surface area contributed by atoms with Crippen LogP contribution in [0.4, 0.5) is 11.4 Å². The molecule has 0 saturated carbocycles. The van der Waals surface area contributed by atoms with Crippen molar-refractivity contribution in [2.45, 2.75) is 25.8 Å². The van der Waals surface area contributed by atoms with Gasteiger partial charge in [0, 0.05) is 28.0 Å². The second kappa shape index (κ2) is 12.2. The zero-order valence-corrected chi connectivity index (χ0v) is 22.6. The number of ether oxygens (including phenoxy) is 1. The highest BCUT2D eigenvalue weighted by Gasteiger charge is 2.25. The van der Waals surface area contributed by atoms with Crippen molar-refractivity contribution in [3.63, 3.8) is 0 Å². The van der Waals surface area contributed by atoms with Gasteiger partial charge in [-0.05, 0) is 74.4 Å². The average molecular weight is 557 g/mol. The third-order valence-electron chi connectivity index (χ3n) is 5.97. The highest BCUT2D eigenvalue weighted by molar-refractivity contribution is 6.39. The van der Waals surface area contributed by atoms with E-state index < -0.39 is 23.3 Å². The van der Waals surface area contributed by atoms with Crippen LogP contribution in [0.5, 0.6) is 6.08 Å². The van der Waals surface area contributed by atoms with E-state index in [0.717, 1.165) is 5.56 Å². The van der Waals surface area contributed by atoms with Gasteiger partial charge in [-0.3, -0.25) is 14.4 Å². The second-order valence-electron chi connectivity index (χ2n) is 9.78. The molecule has 4 N–H and O–H groups in total. The molecule has 1 heterocycles. The van der Waals surface area contributed by atoms with Crippen molar-refractivity contribution in [2.75, 3.05) is 17.7 Å². The summed E-state index contributed by atoms with van der Waals surface area (Å²) in [6.45, 7) is 3.60. The maximum absolute atomic E-state index is 12.7. The fourth-order valence-corrected chi connectivity index (χ4v) is 4.02. The van der Waals surface area contributed by atoms with Crippen molar-refractivity contribution in [2.24, 2.45) is 0 Å². The summed E-state index contributed by atoms with van der Waals surface area (Å²) in [7, 11) is 1.44. The van der Waals surface area contributed by atoms with E-state index in [9.17, 15) is 19.2 Å². The lowest BCUT2D eigenvalue weighted by molar-refractivity contribution is -0.137. The molecule has 3 amide bonds. The molecule has 0 aliphatic rings. The van der Waals surface area contributed by atoms with Crippen molar-refractivity contribution in [1.82, 2.24) is 10.3 Å². The highest BCUT2D eigenvalue weighted by atomic mass is 16.6. The van der Waals surface area contributed by atoms with Gasteiger partial charge in [-0.1, -0.05) is 24.3 Å². The number of carbonyl (C=O) groups is 4. The van der Waals surface area contributed by atoms with Gasteiger partial charge in [-0.2, -0.15) is 4.98 Å². The summed E-state index contributed by atoms with van der Waals surface area (Å²) in [6.07, 6.45) is 2.02. The number of amides is 3. The van der Waals surface area contributed by atoms with Crippen LogP contribution in [0.3, 0.4) is 0 Å². The first kappa shape index (κ1) is 28.6. The first-order valence-electron chi connectivity index (χ1n) is 12.5. The van der Waals surface area contributed by atoms with E-state index in [4.69, 9.17) is 14.3 Å². The number of carbonyl (C=O) groups excluding carboxylic acids is 3. The molecule has 0 bridgehead atoms. The topological polar surface area (TPSA) is 160 Å². The number of nitrogens with zero attached hydrogens (tertiary/aromatic N) is 1. The number of oxazole rings is 1. The largest absolute Gasteiger partial charge is 0.478 e. The van der Waals surface area contributed by atoms with Crippen LogP contribution in [-0.2, 0) is 16.0 Å². The maximum Gasteiger partial charge on any atom is 0.393 e. The quantitative estimate of drug-likeness (QED) is 0.221. The van der Waals surface area contributed by atoms with Gasteiger partial charge < -0.3 is 30.2 Å². The molecule has 0 radical (unpaired) electrons. The first-order valence-corrected chi connectivity index (χ1v) is 12.5. The SMILES string of the molecule is COc1ncc(-c2cccc(NC(=O)C(=O)NC(C)(C)Cc3ccc(NC(=O)c4ccc(C(=O)O)cc4)cc3)c2)o1. The molecule has 0 spiro atoms. The van der Waals surface area contributed by atoms with Gasteiger partial charge in [-0.15, -0.1) is 0 Å². The van der Waals surface area contributed by atoms with Crippen LogP contribution >= 0.6 is 0 Å². The minimum absolute atomic E-state index is 0.0940. The molecule has 41 heavy (non-hydrogen) atoms. The number of anilines is 2. The molecule has 11 nitrogen and oxygen atoms in total. The third kappa shape index (κ3) is 7.57. The van der Waals surface area contributed by atoms with Crippen LogP contribution in [0, 0.1) is 0 Å². The molecule has 3 aromatic carbocycles. The van der Waals surface area contributed by atoms with Gasteiger partial charge in [0.15, 0.2) is 5.76 Å². The lowest BCUT2D eigenvalue weighted by Crippen LogP contribution is -2.49. The molecule has 4 aromatic rings. The maximum atomic E-state index is 12.7. The van der Waals surface area contributed by atoms with E-state index in [-0.39, 0.29) is 17.5 Å². The number of nitrogens with one attached hydrogen (secondary N) is 3. The van der Waals surface area contributed by atoms with Crippen LogP contribution < -0.4 is 20.7 Å². The second-order valence-corrected chi connectivity index (χ2v) is 9.78. The number of hydrogen-bond donors (Lipinski definition) is 4. The van der Waals surface area contributed by atoms with Gasteiger partial charge in [0.05, 0.1) is 18.9 Å². The molecule has 1 aromatic heterocycles. The Morgan fingerprint density at radius 3 is 2.20 bits per heavy atom. The van der Waals surface area contributed by atoms with Crippen LogP contribution in [0.15, 0.2) is 83.4 Å². The van der Waals surface area contributed by atoms with Crippen molar-refractivity contribution in [1.29, 1.82) is 0 Å². The molecule has 4 rings (SSSR count). The van der Waals surface area contributed by atoms with E-state index in [1.807, 2.05) is 0 Å². The van der Waals surface area contributed by atoms with E-state index >= 15 is 0 Å². The van der Waals surface area contributed by atoms with Crippen LogP contribution in [0.2, 0.25) is 0 Å². The molecule has 0 unspecified atom stereocenters. The van der Waals surface area contributed by atoms with Crippen molar-refractivity contribution < 1.29 is 33.4 Å². The molecular formula is C30H28N4O7. The van der Waals surface area contributed by atoms with Gasteiger partial charge in [-0.25, -0.2) is 4.79 Å². The Labute approximate surface area is 235 Å². The van der Waals surface area contributed by atoms with E-state index in [2.05, 4.69) is 20.9 Å². The Hall–Kier alpha value is -5.45. The van der Waals surface area contributed by atoms with Crippen LogP contribution in [0.1, 0.15) is 40.1 Å². The zero-order chi connectivity index (χ0) is 29.6. The van der Waals surface area contributed by atoms with E-state index in [0.29, 0.717) is 34.7 Å². The summed E-state index contributed by atoms with van der Waals surface area (Å²) >= 11 is 0. The molecule has 0 atom stereocenters. The predicted octanol–water partition coefficient (Wildman–Crippen LogP) is 4.38. The summed E-state index contributed by atoms with van der Waals surface area (Å²) in [5.41, 5.74) is 2.13. The number of methoxy groups -OCH3 is 1. The lowest BCUT2D eigenvalue weighted by Gasteiger charge is -2.26. The molecular weight excluding hydrogens is 528 g/mol. The normalized spacial score (nSPS) is 10.9. The summed E-state index contributed by atoms with van der Waals surface area (Å²) in [4.78, 5) is 52.7. The molecule has 11 heteroatoms. The summed E-state index contributed by atoms with van der Waals surface area (Å²) in [6, 6.07) is 19.5. The van der Waals surface area contributed by atoms with Crippen molar-refractivity contribution in [3.05, 3.63) is 95.7 Å². The number of carboxylic acids is 1. The minimum atomic E-state index is -1.07. The highest BCUT2D eigenvalue weighted by Crippen LogP contribution is 2.26. The van der Waals surface area contributed by atoms with Gasteiger partial charge in [0.25, 0.3) is 5.91 Å². The fourth-order valence-electron chi connectivity index (χ4n) is 4.02. The molecule has 0 aliphatic heterocycles. The Bertz CT molecular complexity index is 1580. The number of aromatic nitrogens is 1. The smallest absolute Gasteiger partial charge is 0.393 e. The lowest BCUT2D eigenvalue weighted by atomic mass is 9.94. The molecule has 0 aliphatic carbocycles. The molecule has 0 fully saturated rings. The van der Waals surface area contributed by atoms with Crippen LogP contribution in [0.25, 0.3) is 11.3 Å². The van der Waals surface area contributed by atoms with Gasteiger partial charge in [0.1, 0.15) is 0 Å². The minimum Gasteiger partial charge on any atom is -0.478 e. The van der Waals surface area contributed by atoms with E-state index in [1.165, 1.54) is 37.6 Å². The number of rotatable bonds is 9. The Balaban J connectivity index is 1.31. The van der Waals surface area contributed by atoms with Crippen molar-refractivity contribution in [3.8, 4) is 17.4 Å². The number of hydrogen-bond acceptors (Lipinski definition) is 7. The Morgan fingerprint density at radius 1 is 0.878 bits per heavy atom. The average Bonchev–Trinajstić information content (AvgIpc) is 3.43. The Morgan fingerprint density at radius 2 is 1.56 bits per heavy atom. The zero-order valence-electron chi connectivity index (χ0n) is 22.6. The number of aromatic carboxylic acids is 1. The first-order chi connectivity index (χ1) is 19.5. The van der Waals surface area contributed by atoms with Crippen molar-refractivity contribution >= 4 is 35.1 Å². The molecule has 0 saturated heterocycles. The van der Waals surface area contributed by atoms with Gasteiger partial charge >= 0.3 is 23.9 Å². The van der Waals surface area contributed by atoms with Crippen LogP contribution in [-0.4, -0.2) is 46.4 Å². The summed E-state index contributed by atoms with van der Waals surface area (Å²) in [5, 5.41) is 17.1. The summed E-state index contributed by atoms with van der Waals surface area (Å²) < 4.78 is 10.4. The number of benzene rings is 3. The van der Waals surface area contributed by atoms with Gasteiger partial charge in [0.2, 0.25) is 0 Å². The standard InChI is InChI=1S/C30H28N4O7/c1-30(2,16-18-7-13-22(14-8-18)32-25(35)19-9-11-20(12-10-19)28(38)39)34-27(37)26(36)33-23-6-4-5-21(15-23)24-17-31-29(40-3)41-24/h4-15,17H,16H2,1-3H3,(H,32,35)(H,33,36)(H,34,37)(H,38,39). The van der Waals surface area contributed by atoms with E-state index in [1.54, 1.807) is 62.4 Å².